The van der Waals surface area contributed by atoms with Crippen molar-refractivity contribution in [1.82, 2.24) is 4.90 Å². The molecule has 0 atom stereocenters. The van der Waals surface area contributed by atoms with Gasteiger partial charge in [-0.05, 0) is 48.7 Å². The molecule has 0 aliphatic heterocycles. The smallest absolute Gasteiger partial charge is 0.317 e. The molecule has 2 rings (SSSR count). The molecule has 146 valence electrons. The summed E-state index contributed by atoms with van der Waals surface area (Å²) in [4.78, 5) is 15.0. The largest absolute Gasteiger partial charge is 0.491 e. The van der Waals surface area contributed by atoms with Crippen LogP contribution in [0.4, 0.5) is 0 Å². The molecule has 0 aromatic heterocycles. The third kappa shape index (κ3) is 7.65. The van der Waals surface area contributed by atoms with Crippen LogP contribution in [0.5, 0.6) is 5.75 Å². The molecule has 2 aromatic carbocycles. The second kappa shape index (κ2) is 11.0. The first kappa shape index (κ1) is 21.3. The normalized spacial score (nSPS) is 11.1. The highest BCUT2D eigenvalue weighted by atomic mass is 32.2. The van der Waals surface area contributed by atoms with E-state index < -0.39 is 5.97 Å². The fraction of sp³-hybridized carbons (Fsp3) is 0.409. The van der Waals surface area contributed by atoms with Crippen LogP contribution in [0.3, 0.4) is 0 Å². The van der Waals surface area contributed by atoms with Gasteiger partial charge in [0, 0.05) is 11.4 Å². The van der Waals surface area contributed by atoms with Crippen LogP contribution in [0.1, 0.15) is 26.3 Å². The summed E-state index contributed by atoms with van der Waals surface area (Å²) in [5, 5.41) is 8.92. The molecule has 0 unspecified atom stereocenters. The summed E-state index contributed by atoms with van der Waals surface area (Å²) in [5.41, 5.74) is 1.36. The molecule has 1 N–H and O–H groups in total. The van der Waals surface area contributed by atoms with Crippen molar-refractivity contribution in [1.29, 1.82) is 0 Å². The molecule has 0 aliphatic carbocycles. The molecule has 0 fully saturated rings. The molecule has 0 aliphatic rings. The van der Waals surface area contributed by atoms with Crippen LogP contribution >= 0.6 is 11.8 Å². The quantitative estimate of drug-likeness (QED) is 0.599. The zero-order valence-corrected chi connectivity index (χ0v) is 17.2. The molecule has 0 saturated carbocycles. The Hall–Kier alpha value is -1.98. The predicted molar refractivity (Wildman–Crippen MR) is 111 cm³/mol. The van der Waals surface area contributed by atoms with Gasteiger partial charge in [0.15, 0.2) is 0 Å². The van der Waals surface area contributed by atoms with Crippen LogP contribution in [0.15, 0.2) is 58.3 Å². The van der Waals surface area contributed by atoms with E-state index in [2.05, 4.69) is 44.2 Å². The maximum absolute atomic E-state index is 10.9. The Labute approximate surface area is 166 Å². The molecule has 0 radical (unpaired) electrons. The van der Waals surface area contributed by atoms with E-state index in [-0.39, 0.29) is 6.54 Å². The standard InChI is InChI=1S/C22H29NO3S/c1-4-23(16-22(24)25)13-14-26-20-7-5-6-8-21(20)27-19-11-9-18(10-12-19)15-17(2)3/h5-12,17H,4,13-16H2,1-3H3,(H,24,25). The van der Waals surface area contributed by atoms with Gasteiger partial charge in [-0.15, -0.1) is 0 Å². The number of likely N-dealkylation sites (N-methyl/N-ethyl adjacent to an activating group) is 1. The van der Waals surface area contributed by atoms with Gasteiger partial charge in [0.2, 0.25) is 0 Å². The van der Waals surface area contributed by atoms with Crippen LogP contribution in [0.25, 0.3) is 0 Å². The Morgan fingerprint density at radius 2 is 1.85 bits per heavy atom. The van der Waals surface area contributed by atoms with E-state index in [1.54, 1.807) is 11.8 Å². The summed E-state index contributed by atoms with van der Waals surface area (Å²) in [6.07, 6.45) is 1.09. The van der Waals surface area contributed by atoms with E-state index in [1.807, 2.05) is 30.0 Å². The van der Waals surface area contributed by atoms with Crippen molar-refractivity contribution < 1.29 is 14.6 Å². The Balaban J connectivity index is 1.95. The van der Waals surface area contributed by atoms with E-state index >= 15 is 0 Å². The van der Waals surface area contributed by atoms with E-state index in [0.717, 1.165) is 17.1 Å². The van der Waals surface area contributed by atoms with E-state index in [1.165, 1.54) is 10.5 Å². The number of benzene rings is 2. The highest BCUT2D eigenvalue weighted by molar-refractivity contribution is 7.99. The monoisotopic (exact) mass is 387 g/mol. The number of para-hydroxylation sites is 1. The predicted octanol–water partition coefficient (Wildman–Crippen LogP) is 4.82. The second-order valence-electron chi connectivity index (χ2n) is 6.90. The molecule has 0 bridgehead atoms. The number of aliphatic carboxylic acids is 1. The van der Waals surface area contributed by atoms with Gasteiger partial charge in [0.1, 0.15) is 12.4 Å². The first-order valence-electron chi connectivity index (χ1n) is 9.40. The van der Waals surface area contributed by atoms with Crippen molar-refractivity contribution >= 4 is 17.7 Å². The Kier molecular flexibility index (Phi) is 8.69. The first-order valence-corrected chi connectivity index (χ1v) is 10.2. The Morgan fingerprint density at radius 3 is 2.48 bits per heavy atom. The van der Waals surface area contributed by atoms with Gasteiger partial charge in [-0.25, -0.2) is 0 Å². The molecular weight excluding hydrogens is 358 g/mol. The van der Waals surface area contributed by atoms with E-state index in [4.69, 9.17) is 9.84 Å². The number of carboxylic acids is 1. The maximum Gasteiger partial charge on any atom is 0.317 e. The SMILES string of the molecule is CCN(CCOc1ccccc1Sc1ccc(CC(C)C)cc1)CC(=O)O. The van der Waals surface area contributed by atoms with E-state index in [0.29, 0.717) is 25.6 Å². The van der Waals surface area contributed by atoms with Crippen molar-refractivity contribution in [2.45, 2.75) is 37.0 Å². The number of carboxylic acid groups (broad SMARTS) is 1. The third-order valence-corrected chi connectivity index (χ3v) is 5.18. The minimum Gasteiger partial charge on any atom is -0.491 e. The third-order valence-electron chi connectivity index (χ3n) is 4.12. The zero-order valence-electron chi connectivity index (χ0n) is 16.4. The molecule has 2 aromatic rings. The Bertz CT molecular complexity index is 716. The highest BCUT2D eigenvalue weighted by Gasteiger charge is 2.09. The lowest BCUT2D eigenvalue weighted by Gasteiger charge is -2.18. The van der Waals surface area contributed by atoms with Crippen LogP contribution in [-0.4, -0.2) is 42.2 Å². The van der Waals surface area contributed by atoms with Crippen LogP contribution < -0.4 is 4.74 Å². The van der Waals surface area contributed by atoms with Gasteiger partial charge in [-0.1, -0.05) is 56.8 Å². The lowest BCUT2D eigenvalue weighted by molar-refractivity contribution is -0.138. The average molecular weight is 388 g/mol. The van der Waals surface area contributed by atoms with Gasteiger partial charge >= 0.3 is 5.97 Å². The number of ether oxygens (including phenoxy) is 1. The minimum absolute atomic E-state index is 0.0407. The van der Waals surface area contributed by atoms with E-state index in [9.17, 15) is 4.79 Å². The highest BCUT2D eigenvalue weighted by Crippen LogP contribution is 2.35. The van der Waals surface area contributed by atoms with Crippen molar-refractivity contribution in [3.63, 3.8) is 0 Å². The number of hydrogen-bond acceptors (Lipinski definition) is 4. The van der Waals surface area contributed by atoms with Gasteiger partial charge in [-0.2, -0.15) is 0 Å². The first-order chi connectivity index (χ1) is 13.0. The van der Waals surface area contributed by atoms with Gasteiger partial charge < -0.3 is 9.84 Å². The van der Waals surface area contributed by atoms with Crippen LogP contribution in [-0.2, 0) is 11.2 Å². The lowest BCUT2D eigenvalue weighted by Crippen LogP contribution is -2.33. The maximum atomic E-state index is 10.9. The number of nitrogens with zero attached hydrogens (tertiary/aromatic N) is 1. The molecular formula is C22H29NO3S. The number of rotatable bonds is 11. The second-order valence-corrected chi connectivity index (χ2v) is 8.02. The topological polar surface area (TPSA) is 49.8 Å². The van der Waals surface area contributed by atoms with Gasteiger partial charge in [0.25, 0.3) is 0 Å². The molecule has 0 amide bonds. The molecule has 0 saturated heterocycles. The fourth-order valence-electron chi connectivity index (χ4n) is 2.77. The fourth-order valence-corrected chi connectivity index (χ4v) is 3.67. The van der Waals surface area contributed by atoms with Crippen LogP contribution in [0.2, 0.25) is 0 Å². The lowest BCUT2D eigenvalue weighted by atomic mass is 10.0. The van der Waals surface area contributed by atoms with Gasteiger partial charge in [0.05, 0.1) is 11.4 Å². The molecule has 5 heteroatoms. The molecule has 0 heterocycles. The molecule has 0 spiro atoms. The van der Waals surface area contributed by atoms with Crippen LogP contribution in [0, 0.1) is 5.92 Å². The van der Waals surface area contributed by atoms with Gasteiger partial charge in [-0.3, -0.25) is 9.69 Å². The summed E-state index contributed by atoms with van der Waals surface area (Å²) in [7, 11) is 0. The summed E-state index contributed by atoms with van der Waals surface area (Å²) in [6.45, 7) is 8.19. The van der Waals surface area contributed by atoms with Crippen molar-refractivity contribution in [3.8, 4) is 5.75 Å². The minimum atomic E-state index is -0.811. The zero-order chi connectivity index (χ0) is 19.6. The van der Waals surface area contributed by atoms with Crippen molar-refractivity contribution in [2.24, 2.45) is 5.92 Å². The Morgan fingerprint density at radius 1 is 1.15 bits per heavy atom. The number of carbonyl (C=O) groups is 1. The summed E-state index contributed by atoms with van der Waals surface area (Å²) < 4.78 is 5.94. The average Bonchev–Trinajstić information content (AvgIpc) is 2.63. The molecule has 4 nitrogen and oxygen atoms in total. The number of hydrogen-bond donors (Lipinski definition) is 1. The van der Waals surface area contributed by atoms with Crippen molar-refractivity contribution in [2.75, 3.05) is 26.2 Å². The summed E-state index contributed by atoms with van der Waals surface area (Å²) in [5.74, 6) is 0.676. The molecule has 27 heavy (non-hydrogen) atoms. The van der Waals surface area contributed by atoms with Crippen molar-refractivity contribution in [3.05, 3.63) is 54.1 Å². The summed E-state index contributed by atoms with van der Waals surface area (Å²) in [6, 6.07) is 16.7. The summed E-state index contributed by atoms with van der Waals surface area (Å²) >= 11 is 1.68.